The molecule has 2 aromatic rings. The molecular weight excluding hydrogens is 294 g/mol. The molecule has 21 heavy (non-hydrogen) atoms. The minimum Gasteiger partial charge on any atom is -0.394 e. The van der Waals surface area contributed by atoms with E-state index in [0.29, 0.717) is 18.9 Å². The Labute approximate surface area is 123 Å². The molecule has 8 nitrogen and oxygen atoms in total. The van der Waals surface area contributed by atoms with Crippen molar-refractivity contribution in [2.45, 2.75) is 38.5 Å². The van der Waals surface area contributed by atoms with E-state index in [1.54, 1.807) is 28.6 Å². The fourth-order valence-electron chi connectivity index (χ4n) is 2.02. The van der Waals surface area contributed by atoms with Crippen LogP contribution in [0.15, 0.2) is 23.6 Å². The number of aromatic nitrogens is 4. The van der Waals surface area contributed by atoms with E-state index in [9.17, 15) is 8.42 Å². The van der Waals surface area contributed by atoms with Crippen molar-refractivity contribution in [3.05, 3.63) is 30.0 Å². The molecule has 2 aromatic heterocycles. The zero-order valence-electron chi connectivity index (χ0n) is 12.0. The molecule has 0 bridgehead atoms. The van der Waals surface area contributed by atoms with Gasteiger partial charge in [-0.15, -0.1) is 0 Å². The highest BCUT2D eigenvalue weighted by Crippen LogP contribution is 2.12. The first kappa shape index (κ1) is 15.7. The quantitative estimate of drug-likeness (QED) is 0.742. The molecule has 0 aliphatic heterocycles. The first-order chi connectivity index (χ1) is 9.97. The molecule has 0 aliphatic rings. The molecule has 0 aromatic carbocycles. The molecule has 0 saturated carbocycles. The van der Waals surface area contributed by atoms with Gasteiger partial charge in [0.1, 0.15) is 5.82 Å². The Morgan fingerprint density at radius 2 is 2.14 bits per heavy atom. The standard InChI is InChI=1S/C12H19N5O3S/c1-3-17-10(2)13-8-12(17)21(19,20)15-7-11-6-14-16(9-11)4-5-18/h6,8-9,15,18H,3-5,7H2,1-2H3. The van der Waals surface area contributed by atoms with Crippen LogP contribution in [0.25, 0.3) is 0 Å². The molecular formula is C12H19N5O3S. The molecule has 0 spiro atoms. The van der Waals surface area contributed by atoms with Crippen LogP contribution in [0.2, 0.25) is 0 Å². The second-order valence-electron chi connectivity index (χ2n) is 4.55. The summed E-state index contributed by atoms with van der Waals surface area (Å²) in [7, 11) is -3.62. The number of aliphatic hydroxyl groups excluding tert-OH is 1. The van der Waals surface area contributed by atoms with E-state index in [2.05, 4.69) is 14.8 Å². The van der Waals surface area contributed by atoms with Crippen molar-refractivity contribution in [3.8, 4) is 0 Å². The Morgan fingerprint density at radius 1 is 1.38 bits per heavy atom. The van der Waals surface area contributed by atoms with Crippen LogP contribution in [0.3, 0.4) is 0 Å². The van der Waals surface area contributed by atoms with E-state index >= 15 is 0 Å². The van der Waals surface area contributed by atoms with Crippen molar-refractivity contribution in [1.82, 2.24) is 24.1 Å². The van der Waals surface area contributed by atoms with Gasteiger partial charge in [0, 0.05) is 24.8 Å². The van der Waals surface area contributed by atoms with Crippen LogP contribution in [0.5, 0.6) is 0 Å². The smallest absolute Gasteiger partial charge is 0.258 e. The number of aliphatic hydroxyl groups is 1. The van der Waals surface area contributed by atoms with E-state index in [1.807, 2.05) is 6.92 Å². The second kappa shape index (κ2) is 6.37. The van der Waals surface area contributed by atoms with Gasteiger partial charge in [0.2, 0.25) is 0 Å². The van der Waals surface area contributed by atoms with Crippen molar-refractivity contribution < 1.29 is 13.5 Å². The molecule has 116 valence electrons. The third-order valence-corrected chi connectivity index (χ3v) is 4.49. The highest BCUT2D eigenvalue weighted by atomic mass is 32.2. The number of aryl methyl sites for hydroxylation is 1. The number of imidazole rings is 1. The lowest BCUT2D eigenvalue weighted by molar-refractivity contribution is 0.269. The van der Waals surface area contributed by atoms with Crippen LogP contribution < -0.4 is 4.72 Å². The maximum atomic E-state index is 12.3. The van der Waals surface area contributed by atoms with Crippen LogP contribution in [-0.4, -0.2) is 39.5 Å². The van der Waals surface area contributed by atoms with E-state index in [4.69, 9.17) is 5.11 Å². The van der Waals surface area contributed by atoms with Crippen molar-refractivity contribution in [3.63, 3.8) is 0 Å². The minimum atomic E-state index is -3.62. The lowest BCUT2D eigenvalue weighted by Gasteiger charge is -2.08. The summed E-state index contributed by atoms with van der Waals surface area (Å²) in [5.41, 5.74) is 0.728. The van der Waals surface area contributed by atoms with E-state index in [1.165, 1.54) is 6.20 Å². The summed E-state index contributed by atoms with van der Waals surface area (Å²) in [5.74, 6) is 0.661. The third kappa shape index (κ3) is 3.49. The van der Waals surface area contributed by atoms with Gasteiger partial charge in [-0.05, 0) is 13.8 Å². The Balaban J connectivity index is 2.10. The molecule has 2 heterocycles. The molecule has 0 radical (unpaired) electrons. The maximum absolute atomic E-state index is 12.3. The maximum Gasteiger partial charge on any atom is 0.258 e. The molecule has 0 fully saturated rings. The lowest BCUT2D eigenvalue weighted by Crippen LogP contribution is -2.25. The summed E-state index contributed by atoms with van der Waals surface area (Å²) in [5, 5.41) is 13.0. The number of hydrogen-bond acceptors (Lipinski definition) is 5. The Bertz CT molecular complexity index is 704. The number of nitrogens with one attached hydrogen (secondary N) is 1. The number of nitrogens with zero attached hydrogens (tertiary/aromatic N) is 4. The fraction of sp³-hybridized carbons (Fsp3) is 0.500. The normalized spacial score (nSPS) is 12.0. The van der Waals surface area contributed by atoms with Gasteiger partial charge in [0.15, 0.2) is 5.03 Å². The average Bonchev–Trinajstić information content (AvgIpc) is 3.04. The topological polar surface area (TPSA) is 102 Å². The molecule has 2 N–H and O–H groups in total. The molecule has 0 saturated heterocycles. The second-order valence-corrected chi connectivity index (χ2v) is 6.26. The van der Waals surface area contributed by atoms with Gasteiger partial charge in [-0.25, -0.2) is 18.1 Å². The molecule has 2 rings (SSSR count). The van der Waals surface area contributed by atoms with E-state index in [-0.39, 0.29) is 18.2 Å². The SMILES string of the molecule is CCn1c(S(=O)(=O)NCc2cnn(CCO)c2)cnc1C. The zero-order chi connectivity index (χ0) is 15.5. The van der Waals surface area contributed by atoms with Gasteiger partial charge in [-0.2, -0.15) is 5.10 Å². The Kier molecular flexibility index (Phi) is 4.76. The predicted octanol–water partition coefficient (Wildman–Crippen LogP) is -0.121. The van der Waals surface area contributed by atoms with Gasteiger partial charge < -0.3 is 9.67 Å². The van der Waals surface area contributed by atoms with Crippen LogP contribution >= 0.6 is 0 Å². The highest BCUT2D eigenvalue weighted by Gasteiger charge is 2.20. The van der Waals surface area contributed by atoms with Gasteiger partial charge in [0.05, 0.1) is 25.5 Å². The van der Waals surface area contributed by atoms with Crippen molar-refractivity contribution in [2.24, 2.45) is 0 Å². The predicted molar refractivity (Wildman–Crippen MR) is 76.0 cm³/mol. The van der Waals surface area contributed by atoms with Crippen LogP contribution in [0.4, 0.5) is 0 Å². The van der Waals surface area contributed by atoms with Crippen LogP contribution in [-0.2, 0) is 29.7 Å². The minimum absolute atomic E-state index is 0.0121. The monoisotopic (exact) mass is 313 g/mol. The summed E-state index contributed by atoms with van der Waals surface area (Å²) in [6.07, 6.45) is 4.62. The summed E-state index contributed by atoms with van der Waals surface area (Å²) in [6.45, 7) is 4.68. The molecule has 0 unspecified atom stereocenters. The summed E-state index contributed by atoms with van der Waals surface area (Å²) < 4.78 is 30.3. The Hall–Kier alpha value is -1.71. The van der Waals surface area contributed by atoms with Crippen molar-refractivity contribution in [1.29, 1.82) is 0 Å². The average molecular weight is 313 g/mol. The lowest BCUT2D eigenvalue weighted by atomic mass is 10.4. The summed E-state index contributed by atoms with van der Waals surface area (Å²) in [6, 6.07) is 0. The summed E-state index contributed by atoms with van der Waals surface area (Å²) in [4.78, 5) is 4.04. The largest absolute Gasteiger partial charge is 0.394 e. The van der Waals surface area contributed by atoms with Gasteiger partial charge in [-0.1, -0.05) is 0 Å². The fourth-order valence-corrected chi connectivity index (χ4v) is 3.27. The van der Waals surface area contributed by atoms with E-state index in [0.717, 1.165) is 5.56 Å². The van der Waals surface area contributed by atoms with Crippen LogP contribution in [0, 0.1) is 6.92 Å². The Morgan fingerprint density at radius 3 is 2.81 bits per heavy atom. The molecule has 0 amide bonds. The molecule has 9 heteroatoms. The number of rotatable bonds is 7. The van der Waals surface area contributed by atoms with Crippen LogP contribution in [0.1, 0.15) is 18.3 Å². The summed E-state index contributed by atoms with van der Waals surface area (Å²) >= 11 is 0. The zero-order valence-corrected chi connectivity index (χ0v) is 12.8. The highest BCUT2D eigenvalue weighted by molar-refractivity contribution is 7.89. The van der Waals surface area contributed by atoms with Gasteiger partial charge in [-0.3, -0.25) is 4.68 Å². The number of sulfonamides is 1. The van der Waals surface area contributed by atoms with Gasteiger partial charge >= 0.3 is 0 Å². The van der Waals surface area contributed by atoms with E-state index < -0.39 is 10.0 Å². The first-order valence-corrected chi connectivity index (χ1v) is 8.10. The number of hydrogen-bond donors (Lipinski definition) is 2. The molecule has 0 aliphatic carbocycles. The third-order valence-electron chi connectivity index (χ3n) is 3.09. The van der Waals surface area contributed by atoms with Gasteiger partial charge in [0.25, 0.3) is 10.0 Å². The van der Waals surface area contributed by atoms with Crippen molar-refractivity contribution in [2.75, 3.05) is 6.61 Å². The first-order valence-electron chi connectivity index (χ1n) is 6.62. The van der Waals surface area contributed by atoms with Crippen molar-refractivity contribution >= 4 is 10.0 Å². The molecule has 0 atom stereocenters.